The fraction of sp³-hybridized carbons (Fsp3) is 0.0345. The number of nitriles is 1. The van der Waals surface area contributed by atoms with Crippen molar-refractivity contribution in [1.82, 2.24) is 9.78 Å². The lowest BCUT2D eigenvalue weighted by Crippen LogP contribution is -2.11. The first-order chi connectivity index (χ1) is 19.0. The highest BCUT2D eigenvalue weighted by atomic mass is 35.5. The van der Waals surface area contributed by atoms with Crippen molar-refractivity contribution in [3.05, 3.63) is 110 Å². The smallest absolute Gasteiger partial charge is 0.383 e. The van der Waals surface area contributed by atoms with Gasteiger partial charge in [-0.05, 0) is 30.3 Å². The second-order valence-electron chi connectivity index (χ2n) is 8.61. The van der Waals surface area contributed by atoms with Gasteiger partial charge in [0.1, 0.15) is 11.9 Å². The van der Waals surface area contributed by atoms with Crippen molar-refractivity contribution >= 4 is 52.2 Å². The summed E-state index contributed by atoms with van der Waals surface area (Å²) in [6.45, 7) is 0. The SMILES string of the molecule is N#Cc1nn(-c2c(-c3ccccc3Cl)cc(C(F)(F)F)cc2-c2ccccc2Cl)c(N)c1-c1cccc(Cl)c1Cl. The normalized spacial score (nSPS) is 11.4. The quantitative estimate of drug-likeness (QED) is 0.218. The Labute approximate surface area is 246 Å². The zero-order valence-electron chi connectivity index (χ0n) is 20.1. The molecule has 5 rings (SSSR count). The van der Waals surface area contributed by atoms with Crippen molar-refractivity contribution in [2.24, 2.45) is 0 Å². The summed E-state index contributed by atoms with van der Waals surface area (Å²) in [4.78, 5) is 0. The van der Waals surface area contributed by atoms with Gasteiger partial charge in [-0.1, -0.05) is 94.9 Å². The molecular weight excluding hydrogens is 603 g/mol. The molecule has 2 N–H and O–H groups in total. The number of hydrogen-bond donors (Lipinski definition) is 1. The van der Waals surface area contributed by atoms with Gasteiger partial charge >= 0.3 is 6.18 Å². The van der Waals surface area contributed by atoms with Crippen LogP contribution >= 0.6 is 46.4 Å². The van der Waals surface area contributed by atoms with Crippen molar-refractivity contribution in [2.45, 2.75) is 6.18 Å². The highest BCUT2D eigenvalue weighted by Crippen LogP contribution is 2.47. The minimum absolute atomic E-state index is 0.0536. The van der Waals surface area contributed by atoms with Crippen LogP contribution in [0.1, 0.15) is 11.3 Å². The first kappa shape index (κ1) is 27.9. The van der Waals surface area contributed by atoms with Gasteiger partial charge in [-0.2, -0.15) is 23.5 Å². The average molecular weight is 618 g/mol. The Hall–Kier alpha value is -3.67. The lowest BCUT2D eigenvalue weighted by Gasteiger charge is -2.21. The Morgan fingerprint density at radius 2 is 1.23 bits per heavy atom. The number of alkyl halides is 3. The Balaban J connectivity index is 1.97. The van der Waals surface area contributed by atoms with E-state index in [-0.39, 0.29) is 65.1 Å². The standard InChI is InChI=1S/C29H15Cl4F3N4/c30-21-9-3-1-6-16(21)19-12-15(29(34,35)36)13-20(17-7-2-4-10-22(17)31)27(19)40-28(38)25(24(14-37)39-40)18-8-5-11-23(32)26(18)33/h1-13H,38H2. The summed E-state index contributed by atoms with van der Waals surface area (Å²) >= 11 is 25.7. The third-order valence-electron chi connectivity index (χ3n) is 6.23. The van der Waals surface area contributed by atoms with Crippen LogP contribution in [0.3, 0.4) is 0 Å². The van der Waals surface area contributed by atoms with E-state index in [0.717, 1.165) is 12.1 Å². The van der Waals surface area contributed by atoms with Crippen molar-refractivity contribution in [3.8, 4) is 45.1 Å². The van der Waals surface area contributed by atoms with Crippen molar-refractivity contribution in [2.75, 3.05) is 5.73 Å². The van der Waals surface area contributed by atoms with Crippen LogP contribution in [0.5, 0.6) is 0 Å². The summed E-state index contributed by atoms with van der Waals surface area (Å²) in [6.07, 6.45) is -4.71. The van der Waals surface area contributed by atoms with Gasteiger partial charge in [0.15, 0.2) is 5.69 Å². The molecule has 0 bridgehead atoms. The molecule has 0 aliphatic heterocycles. The van der Waals surface area contributed by atoms with Gasteiger partial charge in [0.05, 0.1) is 26.9 Å². The van der Waals surface area contributed by atoms with Gasteiger partial charge in [-0.3, -0.25) is 0 Å². The molecule has 0 radical (unpaired) electrons. The molecule has 0 saturated heterocycles. The van der Waals surface area contributed by atoms with E-state index >= 15 is 0 Å². The van der Waals surface area contributed by atoms with Crippen molar-refractivity contribution < 1.29 is 13.2 Å². The third-order valence-corrected chi connectivity index (χ3v) is 7.70. The minimum Gasteiger partial charge on any atom is -0.383 e. The Bertz CT molecular complexity index is 1760. The second-order valence-corrected chi connectivity index (χ2v) is 10.2. The van der Waals surface area contributed by atoms with Gasteiger partial charge in [0.25, 0.3) is 0 Å². The third kappa shape index (κ3) is 4.89. The van der Waals surface area contributed by atoms with Crippen LogP contribution in [-0.2, 0) is 6.18 Å². The topological polar surface area (TPSA) is 67.6 Å². The number of benzene rings is 4. The van der Waals surface area contributed by atoms with E-state index in [9.17, 15) is 18.4 Å². The van der Waals surface area contributed by atoms with E-state index in [2.05, 4.69) is 5.10 Å². The molecule has 0 unspecified atom stereocenters. The zero-order chi connectivity index (χ0) is 28.8. The second kappa shape index (κ2) is 10.7. The van der Waals surface area contributed by atoms with Crippen molar-refractivity contribution in [3.63, 3.8) is 0 Å². The molecular formula is C29H15Cl4F3N4. The minimum atomic E-state index is -4.71. The van der Waals surface area contributed by atoms with Crippen LogP contribution in [0.4, 0.5) is 19.0 Å². The van der Waals surface area contributed by atoms with E-state index in [4.69, 9.17) is 52.1 Å². The molecule has 1 aromatic heterocycles. The number of aromatic nitrogens is 2. The molecule has 0 saturated carbocycles. The van der Waals surface area contributed by atoms with Gasteiger partial charge in [0.2, 0.25) is 0 Å². The summed E-state index contributed by atoms with van der Waals surface area (Å²) in [5.41, 5.74) is 6.91. The largest absolute Gasteiger partial charge is 0.416 e. The maximum atomic E-state index is 14.2. The van der Waals surface area contributed by atoms with Crippen LogP contribution in [0.15, 0.2) is 78.9 Å². The Morgan fingerprint density at radius 1 is 0.725 bits per heavy atom. The number of rotatable bonds is 4. The fourth-order valence-electron chi connectivity index (χ4n) is 4.44. The van der Waals surface area contributed by atoms with E-state index in [1.165, 1.54) is 4.68 Å². The van der Waals surface area contributed by atoms with Gasteiger partial charge in [-0.15, -0.1) is 0 Å². The lowest BCUT2D eigenvalue weighted by molar-refractivity contribution is -0.137. The number of halogens is 7. The highest BCUT2D eigenvalue weighted by molar-refractivity contribution is 6.43. The number of nitrogens with two attached hydrogens (primary N) is 1. The molecule has 4 nitrogen and oxygen atoms in total. The molecule has 5 aromatic rings. The molecule has 40 heavy (non-hydrogen) atoms. The van der Waals surface area contributed by atoms with E-state index in [1.807, 2.05) is 6.07 Å². The van der Waals surface area contributed by atoms with Crippen LogP contribution < -0.4 is 5.73 Å². The number of nitrogen functional groups attached to an aromatic ring is 1. The van der Waals surface area contributed by atoms with Crippen LogP contribution in [0, 0.1) is 11.3 Å². The van der Waals surface area contributed by atoms with E-state index in [0.29, 0.717) is 5.56 Å². The highest BCUT2D eigenvalue weighted by Gasteiger charge is 2.34. The maximum absolute atomic E-state index is 14.2. The zero-order valence-corrected chi connectivity index (χ0v) is 23.1. The molecule has 0 atom stereocenters. The molecule has 1 heterocycles. The molecule has 11 heteroatoms. The molecule has 0 aliphatic carbocycles. The van der Waals surface area contributed by atoms with Gasteiger partial charge in [-0.25, -0.2) is 4.68 Å². The molecule has 4 aromatic carbocycles. The first-order valence-corrected chi connectivity index (χ1v) is 13.0. The summed E-state index contributed by atoms with van der Waals surface area (Å²) in [7, 11) is 0. The summed E-state index contributed by atoms with van der Waals surface area (Å²) in [6, 6.07) is 21.6. The first-order valence-electron chi connectivity index (χ1n) is 11.5. The molecule has 0 spiro atoms. The maximum Gasteiger partial charge on any atom is 0.416 e. The van der Waals surface area contributed by atoms with Gasteiger partial charge < -0.3 is 5.73 Å². The Morgan fingerprint density at radius 3 is 1.73 bits per heavy atom. The summed E-state index contributed by atoms with van der Waals surface area (Å²) in [5.74, 6) is -0.0536. The predicted octanol–water partition coefficient (Wildman–Crippen LogP) is 9.96. The lowest BCUT2D eigenvalue weighted by atomic mass is 9.92. The molecule has 0 aliphatic rings. The molecule has 0 fully saturated rings. The number of nitrogens with zero attached hydrogens (tertiary/aromatic N) is 3. The number of hydrogen-bond acceptors (Lipinski definition) is 3. The monoisotopic (exact) mass is 616 g/mol. The van der Waals surface area contributed by atoms with Crippen LogP contribution in [0.25, 0.3) is 39.1 Å². The van der Waals surface area contributed by atoms with Crippen LogP contribution in [-0.4, -0.2) is 9.78 Å². The molecule has 200 valence electrons. The summed E-state index contributed by atoms with van der Waals surface area (Å²) < 4.78 is 43.9. The predicted molar refractivity (Wildman–Crippen MR) is 154 cm³/mol. The average Bonchev–Trinajstić information content (AvgIpc) is 3.25. The fourth-order valence-corrected chi connectivity index (χ4v) is 5.31. The van der Waals surface area contributed by atoms with Gasteiger partial charge in [0, 0.05) is 37.9 Å². The Kier molecular flexibility index (Phi) is 7.47. The number of anilines is 1. The summed E-state index contributed by atoms with van der Waals surface area (Å²) in [5, 5.41) is 15.2. The van der Waals surface area contributed by atoms with Crippen LogP contribution in [0.2, 0.25) is 20.1 Å². The van der Waals surface area contributed by atoms with E-state index < -0.39 is 11.7 Å². The molecule has 0 amide bonds. The van der Waals surface area contributed by atoms with Crippen molar-refractivity contribution in [1.29, 1.82) is 5.26 Å². The van der Waals surface area contributed by atoms with E-state index in [1.54, 1.807) is 66.7 Å².